The molecule has 1 aromatic carbocycles. The monoisotopic (exact) mass is 327 g/mol. The van der Waals surface area contributed by atoms with Gasteiger partial charge in [-0.05, 0) is 36.3 Å². The summed E-state index contributed by atoms with van der Waals surface area (Å²) in [7, 11) is 0. The van der Waals surface area contributed by atoms with Crippen molar-refractivity contribution in [2.45, 2.75) is 47.0 Å². The molecule has 120 valence electrons. The van der Waals surface area contributed by atoms with Crippen LogP contribution in [0.4, 0.5) is 0 Å². The van der Waals surface area contributed by atoms with Gasteiger partial charge in [0.15, 0.2) is 0 Å². The number of hydrogen-bond donors (Lipinski definition) is 1. The van der Waals surface area contributed by atoms with Gasteiger partial charge in [-0.3, -0.25) is 0 Å². The maximum atomic E-state index is 5.19. The lowest BCUT2D eigenvalue weighted by Gasteiger charge is -2.10. The molecule has 0 atom stereocenters. The zero-order chi connectivity index (χ0) is 16.5. The van der Waals surface area contributed by atoms with Gasteiger partial charge in [-0.1, -0.05) is 76.3 Å². The van der Waals surface area contributed by atoms with Crippen LogP contribution in [0.1, 0.15) is 52.5 Å². The molecule has 1 nitrogen and oxygen atoms in total. The van der Waals surface area contributed by atoms with Gasteiger partial charge in [-0.15, -0.1) is 11.6 Å². The van der Waals surface area contributed by atoms with Gasteiger partial charge in [-0.25, -0.2) is 0 Å². The molecule has 0 fully saturated rings. The van der Waals surface area contributed by atoms with E-state index in [4.69, 9.17) is 11.6 Å². The summed E-state index contributed by atoms with van der Waals surface area (Å²) >= 11 is 9.23. The summed E-state index contributed by atoms with van der Waals surface area (Å²) in [4.78, 5) is 0. The second-order valence-corrected chi connectivity index (χ2v) is 5.58. The number of hydrogen-bond acceptors (Lipinski definition) is 1. The highest BCUT2D eigenvalue weighted by atomic mass is 35.5. The SMILES string of the molecule is CC/C=C(/CC(C)C)c1ccccc1.CCCCl.NC=S. The van der Waals surface area contributed by atoms with Crippen LogP contribution in [0.15, 0.2) is 36.4 Å². The smallest absolute Gasteiger partial charge is 0.0588 e. The highest BCUT2D eigenvalue weighted by molar-refractivity contribution is 7.78. The first-order valence-corrected chi connectivity index (χ1v) is 8.53. The van der Waals surface area contributed by atoms with Crippen LogP contribution < -0.4 is 5.73 Å². The second kappa shape index (κ2) is 17.2. The maximum absolute atomic E-state index is 5.19. The molecule has 0 aliphatic rings. The predicted octanol–water partition coefficient (Wildman–Crippen LogP) is 6.06. The highest BCUT2D eigenvalue weighted by Crippen LogP contribution is 2.22. The molecule has 21 heavy (non-hydrogen) atoms. The van der Waals surface area contributed by atoms with Crippen molar-refractivity contribution in [2.24, 2.45) is 11.7 Å². The summed E-state index contributed by atoms with van der Waals surface area (Å²) in [6.45, 7) is 8.79. The fourth-order valence-electron chi connectivity index (χ4n) is 1.66. The van der Waals surface area contributed by atoms with Crippen LogP contribution >= 0.6 is 23.8 Å². The molecule has 1 rings (SSSR count). The van der Waals surface area contributed by atoms with Crippen LogP contribution in [-0.2, 0) is 0 Å². The average Bonchev–Trinajstić information content (AvgIpc) is 2.48. The van der Waals surface area contributed by atoms with E-state index in [2.05, 4.69) is 75.1 Å². The number of thiocarbonyl (C=S) groups is 1. The van der Waals surface area contributed by atoms with Gasteiger partial charge in [0.05, 0.1) is 5.49 Å². The number of benzene rings is 1. The summed E-state index contributed by atoms with van der Waals surface area (Å²) in [5.74, 6) is 1.52. The third-order valence-electron chi connectivity index (χ3n) is 2.41. The van der Waals surface area contributed by atoms with Crippen LogP contribution in [0.25, 0.3) is 5.57 Å². The molecule has 0 aromatic heterocycles. The van der Waals surface area contributed by atoms with Gasteiger partial charge in [0, 0.05) is 5.88 Å². The highest BCUT2D eigenvalue weighted by Gasteiger charge is 2.02. The van der Waals surface area contributed by atoms with E-state index in [0.717, 1.165) is 30.1 Å². The van der Waals surface area contributed by atoms with Crippen LogP contribution in [0.2, 0.25) is 0 Å². The van der Waals surface area contributed by atoms with Crippen LogP contribution in [-0.4, -0.2) is 11.4 Å². The molecule has 0 saturated carbocycles. The van der Waals surface area contributed by atoms with Gasteiger partial charge in [0.25, 0.3) is 0 Å². The minimum absolute atomic E-state index is 0.730. The molecule has 3 heteroatoms. The molecule has 2 N–H and O–H groups in total. The van der Waals surface area contributed by atoms with Crippen LogP contribution in [0.5, 0.6) is 0 Å². The largest absolute Gasteiger partial charge is 0.396 e. The summed E-state index contributed by atoms with van der Waals surface area (Å²) in [5, 5.41) is 0. The number of rotatable bonds is 5. The lowest BCUT2D eigenvalue weighted by Crippen LogP contribution is -1.91. The predicted molar refractivity (Wildman–Crippen MR) is 103 cm³/mol. The van der Waals surface area contributed by atoms with Gasteiger partial charge in [0.1, 0.15) is 0 Å². The average molecular weight is 328 g/mol. The summed E-state index contributed by atoms with van der Waals surface area (Å²) in [6, 6.07) is 10.7. The van der Waals surface area contributed by atoms with E-state index in [-0.39, 0.29) is 0 Å². The van der Waals surface area contributed by atoms with E-state index in [9.17, 15) is 0 Å². The summed E-state index contributed by atoms with van der Waals surface area (Å²) < 4.78 is 0. The second-order valence-electron chi connectivity index (χ2n) is 4.93. The number of allylic oxidation sites excluding steroid dienone is 2. The van der Waals surface area contributed by atoms with Gasteiger partial charge >= 0.3 is 0 Å². The Morgan fingerprint density at radius 3 is 2.05 bits per heavy atom. The van der Waals surface area contributed by atoms with Crippen molar-refractivity contribution in [1.29, 1.82) is 0 Å². The molecule has 0 radical (unpaired) electrons. The van der Waals surface area contributed by atoms with Crippen LogP contribution in [0, 0.1) is 5.92 Å². The zero-order valence-electron chi connectivity index (χ0n) is 13.8. The summed E-state index contributed by atoms with van der Waals surface area (Å²) in [5.41, 5.74) is 8.49. The molecule has 0 heterocycles. The Labute approximate surface area is 141 Å². The molecule has 0 unspecified atom stereocenters. The van der Waals surface area contributed by atoms with Gasteiger partial charge in [0.2, 0.25) is 0 Å². The Balaban J connectivity index is 0. The summed E-state index contributed by atoms with van der Waals surface area (Å²) in [6.07, 6.45) is 5.73. The van der Waals surface area contributed by atoms with Gasteiger partial charge in [-0.2, -0.15) is 0 Å². The van der Waals surface area contributed by atoms with E-state index in [1.54, 1.807) is 0 Å². The minimum Gasteiger partial charge on any atom is -0.396 e. The zero-order valence-corrected chi connectivity index (χ0v) is 15.4. The van der Waals surface area contributed by atoms with Crippen molar-refractivity contribution in [1.82, 2.24) is 0 Å². The molecule has 0 bridgehead atoms. The van der Waals surface area contributed by atoms with Crippen molar-refractivity contribution in [2.75, 3.05) is 5.88 Å². The van der Waals surface area contributed by atoms with Gasteiger partial charge < -0.3 is 5.73 Å². The molecule has 0 aliphatic heterocycles. The molecule has 0 amide bonds. The van der Waals surface area contributed by atoms with E-state index in [0.29, 0.717) is 0 Å². The van der Waals surface area contributed by atoms with E-state index < -0.39 is 0 Å². The number of nitrogens with two attached hydrogens (primary N) is 1. The number of alkyl halides is 1. The molecule has 1 aromatic rings. The normalized spacial score (nSPS) is 10.1. The number of halogens is 1. The fraction of sp³-hybridized carbons (Fsp3) is 0.500. The third-order valence-corrected chi connectivity index (χ3v) is 2.79. The minimum atomic E-state index is 0.730. The standard InChI is InChI=1S/C14H20.C3H7Cl.CH3NS/c1-4-8-14(11-12(2)3)13-9-6-5-7-10-13;1-2-3-4;2-1-3/h5-10,12H,4,11H2,1-3H3;2-3H2,1H3;1H,(H2,2,3)/b14-8-;;. The van der Waals surface area contributed by atoms with Crippen molar-refractivity contribution in [3.05, 3.63) is 42.0 Å². The Bertz CT molecular complexity index is 359. The van der Waals surface area contributed by atoms with E-state index in [1.807, 2.05) is 6.92 Å². The first kappa shape index (κ1) is 22.4. The maximum Gasteiger partial charge on any atom is 0.0588 e. The molecular weight excluding hydrogens is 298 g/mol. The third kappa shape index (κ3) is 15.3. The molecule has 0 saturated heterocycles. The van der Waals surface area contributed by atoms with E-state index >= 15 is 0 Å². The fourth-order valence-corrected chi connectivity index (χ4v) is 1.66. The lowest BCUT2D eigenvalue weighted by atomic mass is 9.96. The van der Waals surface area contributed by atoms with Crippen molar-refractivity contribution in [3.8, 4) is 0 Å². The molecule has 0 spiro atoms. The Hall–Kier alpha value is -0.860. The topological polar surface area (TPSA) is 26.0 Å². The Morgan fingerprint density at radius 1 is 1.24 bits per heavy atom. The van der Waals surface area contributed by atoms with Crippen molar-refractivity contribution >= 4 is 34.9 Å². The van der Waals surface area contributed by atoms with Crippen LogP contribution in [0.3, 0.4) is 0 Å². The Kier molecular flexibility index (Phi) is 18.4. The molecule has 0 aliphatic carbocycles. The first-order valence-electron chi connectivity index (χ1n) is 7.52. The van der Waals surface area contributed by atoms with Crippen molar-refractivity contribution < 1.29 is 0 Å². The molecular formula is C18H30ClNS. The lowest BCUT2D eigenvalue weighted by molar-refractivity contribution is 0.672. The van der Waals surface area contributed by atoms with E-state index in [1.165, 1.54) is 17.6 Å². The Morgan fingerprint density at radius 2 is 1.71 bits per heavy atom. The first-order chi connectivity index (χ1) is 10.1. The van der Waals surface area contributed by atoms with Crippen molar-refractivity contribution in [3.63, 3.8) is 0 Å². The quantitative estimate of drug-likeness (QED) is 0.525.